The molecule has 0 spiro atoms. The number of halogens is 2. The number of aromatic nitrogens is 1. The van der Waals surface area contributed by atoms with E-state index >= 15 is 0 Å². The lowest BCUT2D eigenvalue weighted by molar-refractivity contribution is 0.120. The van der Waals surface area contributed by atoms with Crippen LogP contribution < -0.4 is 10.1 Å². The quantitative estimate of drug-likeness (QED) is 0.830. The van der Waals surface area contributed by atoms with Crippen molar-refractivity contribution in [3.8, 4) is 11.8 Å². The van der Waals surface area contributed by atoms with Crippen molar-refractivity contribution in [3.63, 3.8) is 0 Å². The van der Waals surface area contributed by atoms with E-state index in [9.17, 15) is 0 Å². The predicted molar refractivity (Wildman–Crippen MR) is 89.5 cm³/mol. The molecular formula is C16H15Cl2N3O3. The van der Waals surface area contributed by atoms with Gasteiger partial charge in [-0.2, -0.15) is 10.2 Å². The van der Waals surface area contributed by atoms with Gasteiger partial charge in [0.15, 0.2) is 6.61 Å². The van der Waals surface area contributed by atoms with Gasteiger partial charge in [0.2, 0.25) is 17.5 Å². The van der Waals surface area contributed by atoms with Crippen LogP contribution in [0.2, 0.25) is 10.0 Å². The third-order valence-electron chi connectivity index (χ3n) is 3.54. The number of anilines is 1. The topological polar surface area (TPSA) is 80.3 Å². The van der Waals surface area contributed by atoms with Gasteiger partial charge in [0.25, 0.3) is 0 Å². The Balaban J connectivity index is 1.62. The Morgan fingerprint density at radius 1 is 1.42 bits per heavy atom. The first-order valence-electron chi connectivity index (χ1n) is 7.49. The molecule has 0 amide bonds. The predicted octanol–water partition coefficient (Wildman–Crippen LogP) is 4.02. The van der Waals surface area contributed by atoms with Gasteiger partial charge in [-0.15, -0.1) is 0 Å². The van der Waals surface area contributed by atoms with E-state index in [1.165, 1.54) is 0 Å². The lowest BCUT2D eigenvalue weighted by Crippen LogP contribution is -2.18. The maximum atomic E-state index is 9.16. The normalized spacial score (nSPS) is 16.8. The molecule has 126 valence electrons. The Morgan fingerprint density at radius 3 is 3.00 bits per heavy atom. The highest BCUT2D eigenvalue weighted by molar-refractivity contribution is 6.35. The van der Waals surface area contributed by atoms with Crippen LogP contribution in [-0.4, -0.2) is 24.2 Å². The van der Waals surface area contributed by atoms with Crippen LogP contribution in [0, 0.1) is 11.3 Å². The van der Waals surface area contributed by atoms with Gasteiger partial charge in [-0.25, -0.2) is 0 Å². The van der Waals surface area contributed by atoms with Crippen LogP contribution in [0.3, 0.4) is 0 Å². The third-order valence-corrected chi connectivity index (χ3v) is 4.07. The van der Waals surface area contributed by atoms with Crippen LogP contribution in [0.4, 0.5) is 5.88 Å². The van der Waals surface area contributed by atoms with Gasteiger partial charge in [0.1, 0.15) is 11.8 Å². The molecule has 1 aliphatic heterocycles. The summed E-state index contributed by atoms with van der Waals surface area (Å²) in [7, 11) is 0. The minimum Gasteiger partial charge on any atom is -0.482 e. The Labute approximate surface area is 149 Å². The average Bonchev–Trinajstić information content (AvgIpc) is 3.21. The van der Waals surface area contributed by atoms with Crippen LogP contribution in [0.15, 0.2) is 22.6 Å². The summed E-state index contributed by atoms with van der Waals surface area (Å²) in [4.78, 5) is 4.11. The number of rotatable bonds is 6. The summed E-state index contributed by atoms with van der Waals surface area (Å²) < 4.78 is 16.6. The number of nitrogens with zero attached hydrogens (tertiary/aromatic N) is 2. The van der Waals surface area contributed by atoms with E-state index in [1.54, 1.807) is 18.2 Å². The van der Waals surface area contributed by atoms with Crippen molar-refractivity contribution in [3.05, 3.63) is 39.8 Å². The second-order valence-corrected chi connectivity index (χ2v) is 6.12. The highest BCUT2D eigenvalue weighted by Crippen LogP contribution is 2.28. The van der Waals surface area contributed by atoms with Crippen molar-refractivity contribution in [2.75, 3.05) is 18.5 Å². The van der Waals surface area contributed by atoms with Crippen molar-refractivity contribution >= 4 is 29.1 Å². The lowest BCUT2D eigenvalue weighted by Gasteiger charge is -2.09. The van der Waals surface area contributed by atoms with Gasteiger partial charge in [-0.1, -0.05) is 23.2 Å². The standard InChI is InChI=1S/C16H15Cl2N3O3/c17-10-3-4-14(12(18)6-10)23-9-15-21-13(7-19)16(24-15)20-8-11-2-1-5-22-11/h3-4,6,11,20H,1-2,5,8-9H2/t11-/m1/s1. The number of hydrogen-bond donors (Lipinski definition) is 1. The van der Waals surface area contributed by atoms with Crippen LogP contribution in [0.5, 0.6) is 5.75 Å². The summed E-state index contributed by atoms with van der Waals surface area (Å²) in [6.07, 6.45) is 2.18. The van der Waals surface area contributed by atoms with E-state index in [0.29, 0.717) is 28.2 Å². The van der Waals surface area contributed by atoms with Gasteiger partial charge in [-0.05, 0) is 31.0 Å². The molecule has 0 radical (unpaired) electrons. The summed E-state index contributed by atoms with van der Waals surface area (Å²) in [5.74, 6) is 1.08. The van der Waals surface area contributed by atoms with Crippen LogP contribution in [0.25, 0.3) is 0 Å². The van der Waals surface area contributed by atoms with Crippen molar-refractivity contribution < 1.29 is 13.9 Å². The number of hydrogen-bond acceptors (Lipinski definition) is 6. The highest BCUT2D eigenvalue weighted by atomic mass is 35.5. The lowest BCUT2D eigenvalue weighted by atomic mass is 10.2. The van der Waals surface area contributed by atoms with E-state index < -0.39 is 0 Å². The molecule has 1 aromatic carbocycles. The molecule has 3 rings (SSSR count). The molecule has 2 aromatic rings. The Bertz CT molecular complexity index is 752. The Morgan fingerprint density at radius 2 is 2.29 bits per heavy atom. The smallest absolute Gasteiger partial charge is 0.236 e. The van der Waals surface area contributed by atoms with Crippen LogP contribution in [0.1, 0.15) is 24.4 Å². The third kappa shape index (κ3) is 4.12. The largest absolute Gasteiger partial charge is 0.482 e. The molecule has 0 unspecified atom stereocenters. The fourth-order valence-corrected chi connectivity index (χ4v) is 2.83. The molecule has 0 bridgehead atoms. The number of nitriles is 1. The number of ether oxygens (including phenoxy) is 2. The molecule has 24 heavy (non-hydrogen) atoms. The van der Waals surface area contributed by atoms with Crippen LogP contribution in [-0.2, 0) is 11.3 Å². The van der Waals surface area contributed by atoms with Gasteiger partial charge in [-0.3, -0.25) is 0 Å². The summed E-state index contributed by atoms with van der Waals surface area (Å²) in [5, 5.41) is 13.1. The molecule has 1 N–H and O–H groups in total. The second kappa shape index (κ2) is 7.75. The number of benzene rings is 1. The van der Waals surface area contributed by atoms with Gasteiger partial charge >= 0.3 is 0 Å². The molecule has 0 aliphatic carbocycles. The summed E-state index contributed by atoms with van der Waals surface area (Å²) in [6.45, 7) is 1.40. The molecular weight excluding hydrogens is 353 g/mol. The van der Waals surface area contributed by atoms with E-state index in [-0.39, 0.29) is 24.3 Å². The summed E-state index contributed by atoms with van der Waals surface area (Å²) in [6, 6.07) is 6.92. The van der Waals surface area contributed by atoms with E-state index in [0.717, 1.165) is 19.4 Å². The molecule has 8 heteroatoms. The van der Waals surface area contributed by atoms with Gasteiger partial charge < -0.3 is 19.2 Å². The maximum Gasteiger partial charge on any atom is 0.236 e. The van der Waals surface area contributed by atoms with Crippen molar-refractivity contribution in [1.29, 1.82) is 5.26 Å². The summed E-state index contributed by atoms with van der Waals surface area (Å²) in [5.41, 5.74) is 0.189. The highest BCUT2D eigenvalue weighted by Gasteiger charge is 2.18. The molecule has 6 nitrogen and oxygen atoms in total. The molecule has 1 fully saturated rings. The second-order valence-electron chi connectivity index (χ2n) is 5.28. The van der Waals surface area contributed by atoms with Gasteiger partial charge in [0, 0.05) is 18.2 Å². The van der Waals surface area contributed by atoms with E-state index in [2.05, 4.69) is 10.3 Å². The minimum atomic E-state index is 0.0532. The first kappa shape index (κ1) is 16.9. The molecule has 2 heterocycles. The molecule has 1 atom stereocenters. The zero-order valence-corrected chi connectivity index (χ0v) is 14.2. The minimum absolute atomic E-state index is 0.0532. The molecule has 0 saturated carbocycles. The number of oxazole rings is 1. The Kier molecular flexibility index (Phi) is 5.46. The zero-order chi connectivity index (χ0) is 16.9. The fraction of sp³-hybridized carbons (Fsp3) is 0.375. The molecule has 1 aliphatic rings. The van der Waals surface area contributed by atoms with E-state index in [1.807, 2.05) is 6.07 Å². The average molecular weight is 368 g/mol. The maximum absolute atomic E-state index is 9.16. The van der Waals surface area contributed by atoms with Crippen molar-refractivity contribution in [2.24, 2.45) is 0 Å². The van der Waals surface area contributed by atoms with Gasteiger partial charge in [0.05, 0.1) is 11.1 Å². The van der Waals surface area contributed by atoms with Crippen LogP contribution >= 0.6 is 23.2 Å². The molecule has 1 aromatic heterocycles. The first-order chi connectivity index (χ1) is 11.7. The van der Waals surface area contributed by atoms with Crippen molar-refractivity contribution in [2.45, 2.75) is 25.6 Å². The SMILES string of the molecule is N#Cc1nc(COc2ccc(Cl)cc2Cl)oc1NC[C@H]1CCCO1. The monoisotopic (exact) mass is 367 g/mol. The number of nitrogens with one attached hydrogen (secondary N) is 1. The fourth-order valence-electron chi connectivity index (χ4n) is 2.37. The zero-order valence-electron chi connectivity index (χ0n) is 12.7. The molecule has 1 saturated heterocycles. The first-order valence-corrected chi connectivity index (χ1v) is 8.24. The summed E-state index contributed by atoms with van der Waals surface area (Å²) >= 11 is 11.9. The van der Waals surface area contributed by atoms with Crippen molar-refractivity contribution in [1.82, 2.24) is 4.98 Å². The van der Waals surface area contributed by atoms with E-state index in [4.69, 9.17) is 42.4 Å². The Hall–Kier alpha value is -1.94.